The lowest BCUT2D eigenvalue weighted by Gasteiger charge is -2.23. The van der Waals surface area contributed by atoms with Gasteiger partial charge in [0.15, 0.2) is 0 Å². The number of hydrogen-bond acceptors (Lipinski definition) is 3. The van der Waals surface area contributed by atoms with Gasteiger partial charge in [0, 0.05) is 5.56 Å². The van der Waals surface area contributed by atoms with E-state index in [1.165, 1.54) is 43.2 Å². The molecule has 1 fully saturated rings. The van der Waals surface area contributed by atoms with Crippen LogP contribution < -0.4 is 4.74 Å². The zero-order valence-electron chi connectivity index (χ0n) is 14.3. The zero-order chi connectivity index (χ0) is 16.6. The van der Waals surface area contributed by atoms with Gasteiger partial charge >= 0.3 is 0 Å². The third-order valence-corrected chi connectivity index (χ3v) is 4.72. The normalized spacial score (nSPS) is 15.5. The van der Waals surface area contributed by atoms with Crippen LogP contribution in [0, 0.1) is 0 Å². The van der Waals surface area contributed by atoms with Crippen LogP contribution in [0.15, 0.2) is 53.7 Å². The zero-order valence-corrected chi connectivity index (χ0v) is 14.3. The van der Waals surface area contributed by atoms with E-state index in [-0.39, 0.29) is 0 Å². The van der Waals surface area contributed by atoms with E-state index in [2.05, 4.69) is 29.4 Å². The molecule has 3 rings (SSSR count). The molecule has 0 heterocycles. The molecule has 0 atom stereocenters. The van der Waals surface area contributed by atoms with Gasteiger partial charge in [0.2, 0.25) is 0 Å². The summed E-state index contributed by atoms with van der Waals surface area (Å²) in [6.07, 6.45) is 8.45. The Morgan fingerprint density at radius 2 is 1.75 bits per heavy atom. The van der Waals surface area contributed by atoms with Crippen molar-refractivity contribution >= 4 is 6.21 Å². The lowest BCUT2D eigenvalue weighted by molar-refractivity contribution is 0.130. The maximum atomic E-state index is 5.50. The van der Waals surface area contributed by atoms with Crippen LogP contribution >= 0.6 is 0 Å². The number of benzene rings is 2. The Balaban J connectivity index is 1.64. The van der Waals surface area contributed by atoms with Gasteiger partial charge < -0.3 is 9.57 Å². The minimum Gasteiger partial charge on any atom is -0.496 e. The quantitative estimate of drug-likeness (QED) is 0.534. The lowest BCUT2D eigenvalue weighted by atomic mass is 9.82. The summed E-state index contributed by atoms with van der Waals surface area (Å²) >= 11 is 0. The second-order valence-electron chi connectivity index (χ2n) is 6.28. The van der Waals surface area contributed by atoms with E-state index >= 15 is 0 Å². The maximum absolute atomic E-state index is 5.50. The van der Waals surface area contributed by atoms with Gasteiger partial charge in [-0.3, -0.25) is 0 Å². The fourth-order valence-corrected chi connectivity index (χ4v) is 3.44. The number of ether oxygens (including phenoxy) is 1. The number of nitrogens with zero attached hydrogens (tertiary/aromatic N) is 1. The third kappa shape index (κ3) is 4.16. The molecule has 1 saturated carbocycles. The average molecular weight is 323 g/mol. The second kappa shape index (κ2) is 8.53. The Kier molecular flexibility index (Phi) is 5.89. The predicted octanol–water partition coefficient (Wildman–Crippen LogP) is 5.29. The summed E-state index contributed by atoms with van der Waals surface area (Å²) in [5.41, 5.74) is 3.57. The highest BCUT2D eigenvalue weighted by molar-refractivity contribution is 5.81. The van der Waals surface area contributed by atoms with E-state index in [4.69, 9.17) is 9.57 Å². The van der Waals surface area contributed by atoms with Gasteiger partial charge in [-0.2, -0.15) is 0 Å². The van der Waals surface area contributed by atoms with Crippen molar-refractivity contribution in [2.75, 3.05) is 7.11 Å². The predicted molar refractivity (Wildman–Crippen MR) is 97.6 cm³/mol. The highest BCUT2D eigenvalue weighted by Gasteiger charge is 2.17. The summed E-state index contributed by atoms with van der Waals surface area (Å²) in [7, 11) is 1.67. The third-order valence-electron chi connectivity index (χ3n) is 4.72. The molecule has 0 bridgehead atoms. The lowest BCUT2D eigenvalue weighted by Crippen LogP contribution is -2.07. The summed E-state index contributed by atoms with van der Waals surface area (Å²) in [5, 5.41) is 4.19. The van der Waals surface area contributed by atoms with E-state index in [0.29, 0.717) is 12.5 Å². The smallest absolute Gasteiger partial charge is 0.145 e. The first-order valence-corrected chi connectivity index (χ1v) is 8.74. The molecular formula is C21H25NO2. The Morgan fingerprint density at radius 1 is 1.00 bits per heavy atom. The largest absolute Gasteiger partial charge is 0.496 e. The van der Waals surface area contributed by atoms with E-state index in [1.54, 1.807) is 7.11 Å². The van der Waals surface area contributed by atoms with E-state index < -0.39 is 0 Å². The van der Waals surface area contributed by atoms with Crippen molar-refractivity contribution < 1.29 is 9.57 Å². The molecule has 1 aliphatic rings. The first-order valence-electron chi connectivity index (χ1n) is 8.74. The van der Waals surface area contributed by atoms with Gasteiger partial charge in [-0.05, 0) is 36.0 Å². The first-order chi connectivity index (χ1) is 11.9. The number of hydrogen-bond donors (Lipinski definition) is 0. The number of oxime groups is 1. The second-order valence-corrected chi connectivity index (χ2v) is 6.28. The summed E-state index contributed by atoms with van der Waals surface area (Å²) in [6.45, 7) is 0.409. The van der Waals surface area contributed by atoms with Gasteiger partial charge in [0.1, 0.15) is 12.4 Å². The molecule has 0 amide bonds. The molecule has 126 valence electrons. The standard InChI is InChI=1S/C21H25NO2/c1-23-21-14-8-6-12-19(21)16-24-22-15-18-11-5-7-13-20(18)17-9-3-2-4-10-17/h5-8,11-15,17H,2-4,9-10,16H2,1H3. The molecule has 3 heteroatoms. The Hall–Kier alpha value is -2.29. The molecule has 3 nitrogen and oxygen atoms in total. The van der Waals surface area contributed by atoms with Gasteiger partial charge in [-0.25, -0.2) is 0 Å². The molecule has 0 N–H and O–H groups in total. The molecule has 0 spiro atoms. The summed E-state index contributed by atoms with van der Waals surface area (Å²) < 4.78 is 5.33. The Bertz CT molecular complexity index is 675. The van der Waals surface area contributed by atoms with Crippen molar-refractivity contribution in [2.45, 2.75) is 44.6 Å². The highest BCUT2D eigenvalue weighted by Crippen LogP contribution is 2.33. The number of rotatable bonds is 6. The van der Waals surface area contributed by atoms with Crippen molar-refractivity contribution in [1.29, 1.82) is 0 Å². The monoisotopic (exact) mass is 323 g/mol. The molecule has 0 unspecified atom stereocenters. The van der Waals surface area contributed by atoms with E-state index in [1.807, 2.05) is 30.5 Å². The Morgan fingerprint density at radius 3 is 2.58 bits per heavy atom. The molecular weight excluding hydrogens is 298 g/mol. The van der Waals surface area contributed by atoms with Crippen LogP contribution in [0.5, 0.6) is 5.75 Å². The summed E-state index contributed by atoms with van der Waals surface area (Å²) in [4.78, 5) is 5.50. The molecule has 2 aromatic carbocycles. The van der Waals surface area contributed by atoms with Gasteiger partial charge in [-0.1, -0.05) is 66.9 Å². The van der Waals surface area contributed by atoms with Gasteiger partial charge in [0.05, 0.1) is 13.3 Å². The van der Waals surface area contributed by atoms with Crippen LogP contribution in [0.2, 0.25) is 0 Å². The minimum atomic E-state index is 0.409. The fraction of sp³-hybridized carbons (Fsp3) is 0.381. The maximum Gasteiger partial charge on any atom is 0.145 e. The van der Waals surface area contributed by atoms with Crippen LogP contribution in [-0.2, 0) is 11.4 Å². The van der Waals surface area contributed by atoms with Crippen molar-refractivity contribution in [1.82, 2.24) is 0 Å². The van der Waals surface area contributed by atoms with Crippen molar-refractivity contribution in [3.8, 4) is 5.75 Å². The first kappa shape index (κ1) is 16.6. The average Bonchev–Trinajstić information content (AvgIpc) is 2.66. The minimum absolute atomic E-state index is 0.409. The summed E-state index contributed by atoms with van der Waals surface area (Å²) in [5.74, 6) is 1.49. The van der Waals surface area contributed by atoms with Crippen molar-refractivity contribution in [2.24, 2.45) is 5.16 Å². The van der Waals surface area contributed by atoms with Gasteiger partial charge in [-0.15, -0.1) is 0 Å². The molecule has 0 radical (unpaired) electrons. The van der Waals surface area contributed by atoms with Crippen LogP contribution in [0.1, 0.15) is 54.7 Å². The van der Waals surface area contributed by atoms with Crippen molar-refractivity contribution in [3.63, 3.8) is 0 Å². The SMILES string of the molecule is COc1ccccc1CON=Cc1ccccc1C1CCCCC1. The Labute approximate surface area is 144 Å². The van der Waals surface area contributed by atoms with Crippen LogP contribution in [0.25, 0.3) is 0 Å². The summed E-state index contributed by atoms with van der Waals surface area (Å²) in [6, 6.07) is 16.4. The van der Waals surface area contributed by atoms with Crippen LogP contribution in [0.4, 0.5) is 0 Å². The molecule has 24 heavy (non-hydrogen) atoms. The van der Waals surface area contributed by atoms with E-state index in [0.717, 1.165) is 11.3 Å². The highest BCUT2D eigenvalue weighted by atomic mass is 16.6. The molecule has 0 aliphatic heterocycles. The molecule has 0 saturated heterocycles. The van der Waals surface area contributed by atoms with Crippen LogP contribution in [0.3, 0.4) is 0 Å². The number of para-hydroxylation sites is 1. The van der Waals surface area contributed by atoms with E-state index in [9.17, 15) is 0 Å². The molecule has 2 aromatic rings. The number of methoxy groups -OCH3 is 1. The molecule has 0 aromatic heterocycles. The topological polar surface area (TPSA) is 30.8 Å². The fourth-order valence-electron chi connectivity index (χ4n) is 3.44. The van der Waals surface area contributed by atoms with Crippen LogP contribution in [-0.4, -0.2) is 13.3 Å². The van der Waals surface area contributed by atoms with Crippen molar-refractivity contribution in [3.05, 3.63) is 65.2 Å². The molecule has 1 aliphatic carbocycles. The van der Waals surface area contributed by atoms with Gasteiger partial charge in [0.25, 0.3) is 0 Å².